The first-order valence-electron chi connectivity index (χ1n) is 5.61. The van der Waals surface area contributed by atoms with Crippen LogP contribution in [0.1, 0.15) is 30.0 Å². The fourth-order valence-corrected chi connectivity index (χ4v) is 1.89. The predicted octanol–water partition coefficient (Wildman–Crippen LogP) is 2.62. The van der Waals surface area contributed by atoms with Crippen molar-refractivity contribution >= 4 is 0 Å². The van der Waals surface area contributed by atoms with E-state index < -0.39 is 29.7 Å². The molecule has 0 saturated heterocycles. The largest absolute Gasteiger partial charge is 0.416 e. The molecule has 1 saturated carbocycles. The maximum atomic E-state index is 13.6. The molecule has 2 atom stereocenters. The Hall–Kier alpha value is -1.14. The topological polar surface area (TPSA) is 46.2 Å². The van der Waals surface area contributed by atoms with E-state index in [1.54, 1.807) is 0 Å². The van der Waals surface area contributed by atoms with Gasteiger partial charge in [-0.2, -0.15) is 13.2 Å². The van der Waals surface area contributed by atoms with Crippen LogP contribution in [0.25, 0.3) is 0 Å². The van der Waals surface area contributed by atoms with Crippen molar-refractivity contribution in [2.75, 3.05) is 0 Å². The lowest BCUT2D eigenvalue weighted by Gasteiger charge is -2.20. The minimum absolute atomic E-state index is 0.0293. The van der Waals surface area contributed by atoms with Crippen molar-refractivity contribution in [2.45, 2.75) is 31.2 Å². The van der Waals surface area contributed by atoms with Crippen molar-refractivity contribution < 1.29 is 22.7 Å². The zero-order valence-corrected chi connectivity index (χ0v) is 9.41. The van der Waals surface area contributed by atoms with Crippen LogP contribution in [0, 0.1) is 11.7 Å². The lowest BCUT2D eigenvalue weighted by molar-refractivity contribution is -0.137. The first kappa shape index (κ1) is 13.3. The third-order valence-corrected chi connectivity index (χ3v) is 3.16. The Morgan fingerprint density at radius 1 is 1.28 bits per heavy atom. The van der Waals surface area contributed by atoms with Gasteiger partial charge in [0.1, 0.15) is 5.82 Å². The second-order valence-electron chi connectivity index (χ2n) is 4.59. The van der Waals surface area contributed by atoms with E-state index in [1.807, 2.05) is 0 Å². The van der Waals surface area contributed by atoms with Crippen LogP contribution in [0.3, 0.4) is 0 Å². The second kappa shape index (κ2) is 4.51. The molecule has 1 aliphatic rings. The molecular weight excluding hydrogens is 250 g/mol. The quantitative estimate of drug-likeness (QED) is 0.823. The van der Waals surface area contributed by atoms with Gasteiger partial charge in [-0.3, -0.25) is 0 Å². The second-order valence-corrected chi connectivity index (χ2v) is 4.59. The highest BCUT2D eigenvalue weighted by Crippen LogP contribution is 2.38. The minimum Gasteiger partial charge on any atom is -0.391 e. The lowest BCUT2D eigenvalue weighted by Crippen LogP contribution is -2.28. The summed E-state index contributed by atoms with van der Waals surface area (Å²) in [7, 11) is 0. The average Bonchev–Trinajstić information content (AvgIpc) is 3.09. The molecular formula is C12H13F4NO. The molecule has 2 rings (SSSR count). The van der Waals surface area contributed by atoms with E-state index in [2.05, 4.69) is 0 Å². The molecule has 1 aromatic rings. The summed E-state index contributed by atoms with van der Waals surface area (Å²) in [4.78, 5) is 0. The van der Waals surface area contributed by atoms with Crippen molar-refractivity contribution in [3.8, 4) is 0 Å². The molecule has 0 unspecified atom stereocenters. The third kappa shape index (κ3) is 2.64. The minimum atomic E-state index is -4.58. The van der Waals surface area contributed by atoms with E-state index in [1.165, 1.54) is 0 Å². The van der Waals surface area contributed by atoms with Crippen LogP contribution in [0.15, 0.2) is 18.2 Å². The van der Waals surface area contributed by atoms with Gasteiger partial charge in [0.2, 0.25) is 0 Å². The van der Waals surface area contributed by atoms with Crippen LogP contribution in [-0.4, -0.2) is 11.2 Å². The first-order chi connectivity index (χ1) is 8.30. The van der Waals surface area contributed by atoms with Gasteiger partial charge in [0.05, 0.1) is 17.7 Å². The molecule has 3 N–H and O–H groups in total. The third-order valence-electron chi connectivity index (χ3n) is 3.16. The van der Waals surface area contributed by atoms with Gasteiger partial charge >= 0.3 is 6.18 Å². The summed E-state index contributed by atoms with van der Waals surface area (Å²) in [6, 6.07) is 1.20. The molecule has 0 aliphatic heterocycles. The maximum absolute atomic E-state index is 13.6. The number of aliphatic hydroxyl groups is 1. The zero-order valence-electron chi connectivity index (χ0n) is 9.41. The van der Waals surface area contributed by atoms with Gasteiger partial charge in [-0.05, 0) is 30.9 Å². The Morgan fingerprint density at radius 2 is 1.89 bits per heavy atom. The zero-order chi connectivity index (χ0) is 13.5. The van der Waals surface area contributed by atoms with E-state index in [4.69, 9.17) is 5.73 Å². The van der Waals surface area contributed by atoms with Crippen LogP contribution in [0.5, 0.6) is 0 Å². The average molecular weight is 263 g/mol. The molecule has 0 aromatic heterocycles. The van der Waals surface area contributed by atoms with Gasteiger partial charge in [-0.15, -0.1) is 0 Å². The van der Waals surface area contributed by atoms with Crippen molar-refractivity contribution in [3.05, 3.63) is 35.1 Å². The van der Waals surface area contributed by atoms with Gasteiger partial charge in [-0.1, -0.05) is 6.07 Å². The van der Waals surface area contributed by atoms with E-state index >= 15 is 0 Å². The molecule has 1 aromatic carbocycles. The van der Waals surface area contributed by atoms with E-state index in [9.17, 15) is 22.7 Å². The first-order valence-corrected chi connectivity index (χ1v) is 5.61. The Morgan fingerprint density at radius 3 is 2.33 bits per heavy atom. The number of aliphatic hydroxyl groups excluding tert-OH is 1. The lowest BCUT2D eigenvalue weighted by atomic mass is 9.97. The predicted molar refractivity (Wildman–Crippen MR) is 57.1 cm³/mol. The van der Waals surface area contributed by atoms with E-state index in [0.29, 0.717) is 6.07 Å². The van der Waals surface area contributed by atoms with E-state index in [-0.39, 0.29) is 11.5 Å². The monoisotopic (exact) mass is 263 g/mol. The van der Waals surface area contributed by atoms with Crippen molar-refractivity contribution in [1.29, 1.82) is 0 Å². The van der Waals surface area contributed by atoms with Crippen molar-refractivity contribution in [1.82, 2.24) is 0 Å². The van der Waals surface area contributed by atoms with Crippen LogP contribution in [0.2, 0.25) is 0 Å². The summed E-state index contributed by atoms with van der Waals surface area (Å²) in [5.41, 5.74) is 4.53. The Kier molecular flexibility index (Phi) is 3.33. The summed E-state index contributed by atoms with van der Waals surface area (Å²) >= 11 is 0. The SMILES string of the molecule is N[C@H](c1ccc(C(F)(F)F)cc1F)[C@@H](O)C1CC1. The fourth-order valence-electron chi connectivity index (χ4n) is 1.89. The van der Waals surface area contributed by atoms with Crippen LogP contribution >= 0.6 is 0 Å². The molecule has 2 nitrogen and oxygen atoms in total. The molecule has 0 heterocycles. The molecule has 18 heavy (non-hydrogen) atoms. The molecule has 1 fully saturated rings. The molecule has 1 aliphatic carbocycles. The summed E-state index contributed by atoms with van der Waals surface area (Å²) in [6.07, 6.45) is -3.86. The number of hydrogen-bond acceptors (Lipinski definition) is 2. The fraction of sp³-hybridized carbons (Fsp3) is 0.500. The highest BCUT2D eigenvalue weighted by atomic mass is 19.4. The Labute approximate surface area is 101 Å². The smallest absolute Gasteiger partial charge is 0.391 e. The number of hydrogen-bond donors (Lipinski definition) is 2. The summed E-state index contributed by atoms with van der Waals surface area (Å²) in [5, 5.41) is 9.75. The van der Waals surface area contributed by atoms with Gasteiger partial charge in [-0.25, -0.2) is 4.39 Å². The van der Waals surface area contributed by atoms with Gasteiger partial charge < -0.3 is 10.8 Å². The molecule has 0 spiro atoms. The highest BCUT2D eigenvalue weighted by Gasteiger charge is 2.36. The highest BCUT2D eigenvalue weighted by molar-refractivity contribution is 5.29. The Balaban J connectivity index is 2.24. The molecule has 0 bridgehead atoms. The number of rotatable bonds is 3. The number of benzene rings is 1. The van der Waals surface area contributed by atoms with Gasteiger partial charge in [0, 0.05) is 5.56 Å². The standard InChI is InChI=1S/C12H13F4NO/c13-9-5-7(12(14,15)16)3-4-8(9)10(17)11(18)6-1-2-6/h3-6,10-11,18H,1-2,17H2/t10-,11+/m1/s1. The summed E-state index contributed by atoms with van der Waals surface area (Å²) in [6.45, 7) is 0. The summed E-state index contributed by atoms with van der Waals surface area (Å²) in [5.74, 6) is -1.00. The van der Waals surface area contributed by atoms with E-state index in [0.717, 1.165) is 25.0 Å². The molecule has 100 valence electrons. The van der Waals surface area contributed by atoms with Gasteiger partial charge in [0.25, 0.3) is 0 Å². The number of halogens is 4. The summed E-state index contributed by atoms with van der Waals surface area (Å²) < 4.78 is 50.6. The van der Waals surface area contributed by atoms with Crippen LogP contribution in [-0.2, 0) is 6.18 Å². The molecule has 6 heteroatoms. The number of alkyl halides is 3. The van der Waals surface area contributed by atoms with Crippen LogP contribution < -0.4 is 5.73 Å². The van der Waals surface area contributed by atoms with Crippen LogP contribution in [0.4, 0.5) is 17.6 Å². The van der Waals surface area contributed by atoms with Crippen molar-refractivity contribution in [3.63, 3.8) is 0 Å². The molecule has 0 radical (unpaired) electrons. The maximum Gasteiger partial charge on any atom is 0.416 e. The van der Waals surface area contributed by atoms with Crippen molar-refractivity contribution in [2.24, 2.45) is 11.7 Å². The normalized spacial score (nSPS) is 19.7. The Bertz CT molecular complexity index is 442. The van der Waals surface area contributed by atoms with Gasteiger partial charge in [0.15, 0.2) is 0 Å². The number of nitrogens with two attached hydrogens (primary N) is 1. The molecule has 0 amide bonds.